The van der Waals surface area contributed by atoms with Crippen LogP contribution in [0.3, 0.4) is 0 Å². The molecule has 3 rings (SSSR count). The van der Waals surface area contributed by atoms with E-state index in [1.165, 1.54) is 23.4 Å². The lowest BCUT2D eigenvalue weighted by Crippen LogP contribution is -2.37. The predicted molar refractivity (Wildman–Crippen MR) is 84.9 cm³/mol. The molecule has 2 unspecified atom stereocenters. The minimum atomic E-state index is -5.36. The fraction of sp³-hybridized carbons (Fsp3) is 0.500. The van der Waals surface area contributed by atoms with Crippen molar-refractivity contribution < 1.29 is 47.6 Å². The van der Waals surface area contributed by atoms with Gasteiger partial charge in [-0.2, -0.15) is 4.31 Å². The van der Waals surface area contributed by atoms with Gasteiger partial charge in [0, 0.05) is 0 Å². The number of aliphatic hydroxyl groups is 2. The first-order chi connectivity index (χ1) is 12.5. The molecular formula is C10H13ClN4O10P2. The van der Waals surface area contributed by atoms with Crippen molar-refractivity contribution in [3.05, 3.63) is 18.9 Å². The van der Waals surface area contributed by atoms with E-state index in [1.54, 1.807) is 0 Å². The summed E-state index contributed by atoms with van der Waals surface area (Å²) in [5.41, 5.74) is -1.27. The zero-order valence-corrected chi connectivity index (χ0v) is 15.5. The molecule has 0 aromatic carbocycles. The molecular weight excluding hydrogens is 434 g/mol. The molecule has 0 saturated carbocycles. The highest BCUT2D eigenvalue weighted by molar-refractivity contribution is 7.60. The van der Waals surface area contributed by atoms with E-state index < -0.39 is 45.7 Å². The maximum Gasteiger partial charge on any atom is 0.482 e. The zero-order valence-electron chi connectivity index (χ0n) is 13.0. The molecule has 5 N–H and O–H groups in total. The van der Waals surface area contributed by atoms with Crippen LogP contribution in [0.1, 0.15) is 6.23 Å². The highest BCUT2D eigenvalue weighted by atomic mass is 35.5. The monoisotopic (exact) mass is 446 g/mol. The topological polar surface area (TPSA) is 207 Å². The summed E-state index contributed by atoms with van der Waals surface area (Å²) in [6.45, 7) is 0. The van der Waals surface area contributed by atoms with Crippen molar-refractivity contribution >= 4 is 38.4 Å². The van der Waals surface area contributed by atoms with Crippen LogP contribution >= 0.6 is 27.2 Å². The second-order valence-corrected chi connectivity index (χ2v) is 8.57. The molecule has 0 amide bonds. The van der Waals surface area contributed by atoms with E-state index in [1.807, 2.05) is 0 Å². The minimum absolute atomic E-state index is 0.270. The smallest absolute Gasteiger partial charge is 0.387 e. The van der Waals surface area contributed by atoms with Crippen molar-refractivity contribution in [2.75, 3.05) is 0 Å². The average Bonchev–Trinajstić information content (AvgIpc) is 3.07. The molecule has 0 spiro atoms. The third-order valence-electron chi connectivity index (χ3n) is 3.49. The molecule has 1 fully saturated rings. The molecule has 27 heavy (non-hydrogen) atoms. The van der Waals surface area contributed by atoms with Crippen LogP contribution in [0.4, 0.5) is 0 Å². The summed E-state index contributed by atoms with van der Waals surface area (Å²) in [6.07, 6.45) is -2.16. The zero-order chi connectivity index (χ0) is 20.0. The second kappa shape index (κ2) is 7.43. The van der Waals surface area contributed by atoms with Crippen molar-refractivity contribution in [1.82, 2.24) is 19.5 Å². The molecule has 1 saturated heterocycles. The molecule has 2 aromatic heterocycles. The standard InChI is InChI=1S/C10H13ClN4O10P2/c11-8(24-27(21,22)25-26(18,19)20)7-5(16)6(17)10(23-7)15-3-14-4-1-12-2-13-9(4)15/h1-3,5-8,10,16-17H,(H,21,22)(H2,18,19,20)/t5-,6+,7-,8?,10+/m0/s1. The molecule has 150 valence electrons. The van der Waals surface area contributed by atoms with Gasteiger partial charge in [0.1, 0.15) is 30.2 Å². The normalized spacial score (nSPS) is 29.7. The molecule has 6 atom stereocenters. The Morgan fingerprint density at radius 2 is 1.93 bits per heavy atom. The first-order valence-electron chi connectivity index (χ1n) is 7.05. The minimum Gasteiger partial charge on any atom is -0.387 e. The van der Waals surface area contributed by atoms with Gasteiger partial charge < -0.3 is 29.6 Å². The second-order valence-electron chi connectivity index (χ2n) is 5.35. The average molecular weight is 447 g/mol. The number of halogens is 1. The lowest BCUT2D eigenvalue weighted by atomic mass is 10.1. The van der Waals surface area contributed by atoms with Gasteiger partial charge in [0.2, 0.25) is 0 Å². The Morgan fingerprint density at radius 3 is 2.59 bits per heavy atom. The van der Waals surface area contributed by atoms with Crippen LogP contribution in [0.2, 0.25) is 0 Å². The Kier molecular flexibility index (Phi) is 5.70. The highest BCUT2D eigenvalue weighted by Gasteiger charge is 2.50. The molecule has 2 aromatic rings. The van der Waals surface area contributed by atoms with Crippen LogP contribution in [0.25, 0.3) is 11.2 Å². The van der Waals surface area contributed by atoms with Gasteiger partial charge in [0.25, 0.3) is 0 Å². The Bertz CT molecular complexity index is 922. The van der Waals surface area contributed by atoms with Gasteiger partial charge in [-0.1, -0.05) is 11.6 Å². The number of hydrogen-bond acceptors (Lipinski definition) is 10. The Labute approximate surface area is 155 Å². The molecule has 0 radical (unpaired) electrons. The molecule has 14 nitrogen and oxygen atoms in total. The van der Waals surface area contributed by atoms with Gasteiger partial charge in [-0.3, -0.25) is 9.09 Å². The molecule has 17 heteroatoms. The van der Waals surface area contributed by atoms with Gasteiger partial charge >= 0.3 is 15.6 Å². The summed E-state index contributed by atoms with van der Waals surface area (Å²) in [5.74, 6) is 0. The van der Waals surface area contributed by atoms with Crippen LogP contribution in [0.5, 0.6) is 0 Å². The summed E-state index contributed by atoms with van der Waals surface area (Å²) in [6, 6.07) is 0. The molecule has 1 aliphatic rings. The summed E-state index contributed by atoms with van der Waals surface area (Å²) >= 11 is 5.77. The third kappa shape index (κ3) is 4.53. The number of phosphoric ester groups is 1. The fourth-order valence-corrected chi connectivity index (χ4v) is 4.56. The first-order valence-corrected chi connectivity index (χ1v) is 10.5. The number of aliphatic hydroxyl groups excluding tert-OH is 2. The van der Waals surface area contributed by atoms with Gasteiger partial charge in [0.15, 0.2) is 17.4 Å². The Hall–Kier alpha value is -1.02. The van der Waals surface area contributed by atoms with E-state index in [0.29, 0.717) is 5.52 Å². The first kappa shape index (κ1) is 20.7. The fourth-order valence-electron chi connectivity index (χ4n) is 2.44. The highest BCUT2D eigenvalue weighted by Crippen LogP contribution is 2.59. The molecule has 1 aliphatic heterocycles. The quantitative estimate of drug-likeness (QED) is 0.273. The van der Waals surface area contributed by atoms with Crippen molar-refractivity contribution in [3.63, 3.8) is 0 Å². The number of fused-ring (bicyclic) bond motifs is 1. The van der Waals surface area contributed by atoms with Crippen LogP contribution in [-0.4, -0.2) is 68.3 Å². The SMILES string of the molecule is O=P(O)(O)OP(=O)(O)OC(Cl)[C@H]1O[C@@H](n2cnc3cncnc32)[C@H](O)[C@@H]1O. The summed E-state index contributed by atoms with van der Waals surface area (Å²) < 4.78 is 36.9. The maximum atomic E-state index is 11.6. The van der Waals surface area contributed by atoms with Gasteiger partial charge in [-0.15, -0.1) is 0 Å². The van der Waals surface area contributed by atoms with Crippen LogP contribution < -0.4 is 0 Å². The van der Waals surface area contributed by atoms with Crippen molar-refractivity contribution in [3.8, 4) is 0 Å². The van der Waals surface area contributed by atoms with Gasteiger partial charge in [0.05, 0.1) is 12.5 Å². The number of hydrogen-bond donors (Lipinski definition) is 5. The van der Waals surface area contributed by atoms with E-state index in [-0.39, 0.29) is 5.65 Å². The van der Waals surface area contributed by atoms with E-state index in [9.17, 15) is 24.2 Å². The summed E-state index contributed by atoms with van der Waals surface area (Å²) in [4.78, 5) is 38.3. The largest absolute Gasteiger partial charge is 0.482 e. The van der Waals surface area contributed by atoms with Crippen LogP contribution in [0, 0.1) is 0 Å². The van der Waals surface area contributed by atoms with E-state index in [4.69, 9.17) is 26.1 Å². The van der Waals surface area contributed by atoms with E-state index in [0.717, 1.165) is 0 Å². The summed E-state index contributed by atoms with van der Waals surface area (Å²) in [5, 5.41) is 20.4. The maximum absolute atomic E-state index is 11.6. The number of phosphoric acid groups is 2. The van der Waals surface area contributed by atoms with Crippen molar-refractivity contribution in [2.24, 2.45) is 0 Å². The van der Waals surface area contributed by atoms with Gasteiger partial charge in [-0.05, 0) is 0 Å². The number of alkyl halides is 1. The number of aromatic nitrogens is 4. The van der Waals surface area contributed by atoms with Crippen molar-refractivity contribution in [2.45, 2.75) is 30.1 Å². The number of imidazole rings is 1. The lowest BCUT2D eigenvalue weighted by molar-refractivity contribution is -0.0600. The van der Waals surface area contributed by atoms with E-state index in [2.05, 4.69) is 23.8 Å². The van der Waals surface area contributed by atoms with Crippen molar-refractivity contribution in [1.29, 1.82) is 0 Å². The number of ether oxygens (including phenoxy) is 1. The third-order valence-corrected chi connectivity index (χ3v) is 6.12. The van der Waals surface area contributed by atoms with Crippen LogP contribution in [-0.2, 0) is 22.7 Å². The lowest BCUT2D eigenvalue weighted by Gasteiger charge is -2.22. The molecule has 3 heterocycles. The summed E-state index contributed by atoms with van der Waals surface area (Å²) in [7, 11) is -10.7. The van der Waals surface area contributed by atoms with Gasteiger partial charge in [-0.25, -0.2) is 24.1 Å². The molecule has 0 bridgehead atoms. The predicted octanol–water partition coefficient (Wildman–Crippen LogP) is -0.763. The van der Waals surface area contributed by atoms with E-state index >= 15 is 0 Å². The number of nitrogens with zero attached hydrogens (tertiary/aromatic N) is 4. The Balaban J connectivity index is 1.78. The Morgan fingerprint density at radius 1 is 1.22 bits per heavy atom. The van der Waals surface area contributed by atoms with Crippen LogP contribution in [0.15, 0.2) is 18.9 Å². The molecule has 0 aliphatic carbocycles. The number of rotatable bonds is 6.